The molecule has 1 aliphatic rings. The third-order valence-corrected chi connectivity index (χ3v) is 4.96. The molecule has 0 unspecified atom stereocenters. The molecule has 2 amide bonds. The van der Waals surface area contributed by atoms with Crippen LogP contribution in [-0.4, -0.2) is 55.2 Å². The van der Waals surface area contributed by atoms with Crippen molar-refractivity contribution in [2.45, 2.75) is 65.1 Å². The van der Waals surface area contributed by atoms with E-state index < -0.39 is 23.6 Å². The summed E-state index contributed by atoms with van der Waals surface area (Å²) >= 11 is 0. The fourth-order valence-corrected chi connectivity index (χ4v) is 3.43. The minimum atomic E-state index is -0.627. The maximum absolute atomic E-state index is 12.6. The second kappa shape index (κ2) is 11.0. The number of nitrogens with one attached hydrogen (secondary N) is 1. The summed E-state index contributed by atoms with van der Waals surface area (Å²) in [6, 6.07) is 3.20. The zero-order valence-corrected chi connectivity index (χ0v) is 19.4. The van der Waals surface area contributed by atoms with Crippen LogP contribution in [0.1, 0.15) is 78.3 Å². The van der Waals surface area contributed by atoms with Crippen LogP contribution in [0.4, 0.5) is 4.79 Å². The van der Waals surface area contributed by atoms with Crippen molar-refractivity contribution in [3.05, 3.63) is 34.4 Å². The molecule has 1 aromatic carbocycles. The maximum Gasteiger partial charge on any atom is 0.407 e. The van der Waals surface area contributed by atoms with Crippen LogP contribution in [0.2, 0.25) is 0 Å². The second-order valence-corrected chi connectivity index (χ2v) is 8.64. The number of carbonyl (C=O) groups excluding carboxylic acids is 4. The van der Waals surface area contributed by atoms with Gasteiger partial charge in [-0.05, 0) is 56.9 Å². The third kappa shape index (κ3) is 6.96. The standard InChI is InChI=1S/C23H32N2O7/c1-23(2,3)32-22(29)24-10-8-6-7-9-19(26)25-13-15-11-17(20(27)30-4)18(21(28)31-5)12-16(15)14-25/h11-12H,6-10,13-14H2,1-5H3,(H,24,29). The van der Waals surface area contributed by atoms with Crippen LogP contribution < -0.4 is 5.32 Å². The Morgan fingerprint density at radius 1 is 0.906 bits per heavy atom. The summed E-state index contributed by atoms with van der Waals surface area (Å²) in [5.74, 6) is -1.25. The predicted molar refractivity (Wildman–Crippen MR) is 116 cm³/mol. The highest BCUT2D eigenvalue weighted by Gasteiger charge is 2.28. The average molecular weight is 449 g/mol. The Bertz CT molecular complexity index is 829. The van der Waals surface area contributed by atoms with Crippen molar-refractivity contribution in [1.82, 2.24) is 10.2 Å². The number of hydrogen-bond acceptors (Lipinski definition) is 7. The topological polar surface area (TPSA) is 111 Å². The van der Waals surface area contributed by atoms with Crippen molar-refractivity contribution < 1.29 is 33.4 Å². The van der Waals surface area contributed by atoms with E-state index in [-0.39, 0.29) is 17.0 Å². The molecule has 1 heterocycles. The highest BCUT2D eigenvalue weighted by molar-refractivity contribution is 6.03. The van der Waals surface area contributed by atoms with Gasteiger partial charge in [-0.3, -0.25) is 4.79 Å². The van der Waals surface area contributed by atoms with Gasteiger partial charge in [-0.25, -0.2) is 14.4 Å². The van der Waals surface area contributed by atoms with Crippen molar-refractivity contribution in [2.75, 3.05) is 20.8 Å². The van der Waals surface area contributed by atoms with E-state index in [4.69, 9.17) is 14.2 Å². The molecule has 9 nitrogen and oxygen atoms in total. The maximum atomic E-state index is 12.6. The monoisotopic (exact) mass is 448 g/mol. The quantitative estimate of drug-likeness (QED) is 0.369. The molecule has 0 fully saturated rings. The van der Waals surface area contributed by atoms with E-state index in [9.17, 15) is 19.2 Å². The first-order valence-electron chi connectivity index (χ1n) is 10.6. The zero-order chi connectivity index (χ0) is 23.9. The van der Waals surface area contributed by atoms with E-state index in [1.165, 1.54) is 14.2 Å². The van der Waals surface area contributed by atoms with Crippen molar-refractivity contribution in [3.63, 3.8) is 0 Å². The number of alkyl carbamates (subject to hydrolysis) is 1. The number of esters is 2. The van der Waals surface area contributed by atoms with E-state index in [1.54, 1.807) is 37.8 Å². The second-order valence-electron chi connectivity index (χ2n) is 8.64. The SMILES string of the molecule is COC(=O)c1cc2c(cc1C(=O)OC)CN(C(=O)CCCCCNC(=O)OC(C)(C)C)C2. The van der Waals surface area contributed by atoms with Gasteiger partial charge in [-0.1, -0.05) is 6.42 Å². The van der Waals surface area contributed by atoms with E-state index >= 15 is 0 Å². The Morgan fingerprint density at radius 2 is 1.44 bits per heavy atom. The fraction of sp³-hybridized carbons (Fsp3) is 0.565. The summed E-state index contributed by atoms with van der Waals surface area (Å²) in [4.78, 5) is 50.0. The lowest BCUT2D eigenvalue weighted by atomic mass is 10.00. The van der Waals surface area contributed by atoms with Gasteiger partial charge in [-0.15, -0.1) is 0 Å². The van der Waals surface area contributed by atoms with E-state index in [2.05, 4.69) is 5.32 Å². The molecular formula is C23H32N2O7. The van der Waals surface area contributed by atoms with Gasteiger partial charge < -0.3 is 24.4 Å². The van der Waals surface area contributed by atoms with Crippen LogP contribution in [-0.2, 0) is 32.1 Å². The van der Waals surface area contributed by atoms with Crippen LogP contribution >= 0.6 is 0 Å². The van der Waals surface area contributed by atoms with Crippen LogP contribution in [0, 0.1) is 0 Å². The Kier molecular flexibility index (Phi) is 8.63. The van der Waals surface area contributed by atoms with Gasteiger partial charge in [-0.2, -0.15) is 0 Å². The summed E-state index contributed by atoms with van der Waals surface area (Å²) in [5, 5.41) is 2.70. The molecule has 0 aliphatic carbocycles. The van der Waals surface area contributed by atoms with Crippen molar-refractivity contribution in [2.24, 2.45) is 0 Å². The number of carbonyl (C=O) groups is 4. The molecule has 176 valence electrons. The van der Waals surface area contributed by atoms with Crippen LogP contribution in [0.5, 0.6) is 0 Å². The van der Waals surface area contributed by atoms with E-state index in [0.717, 1.165) is 24.0 Å². The number of hydrogen-bond donors (Lipinski definition) is 1. The summed E-state index contributed by atoms with van der Waals surface area (Å²) in [7, 11) is 2.49. The first-order chi connectivity index (χ1) is 15.1. The van der Waals surface area contributed by atoms with Gasteiger partial charge in [0, 0.05) is 26.1 Å². The zero-order valence-electron chi connectivity index (χ0n) is 19.4. The molecule has 1 aliphatic heterocycles. The number of ether oxygens (including phenoxy) is 3. The lowest BCUT2D eigenvalue weighted by Crippen LogP contribution is -2.33. The molecule has 0 saturated carbocycles. The molecule has 32 heavy (non-hydrogen) atoms. The van der Waals surface area contributed by atoms with Gasteiger partial charge in [0.25, 0.3) is 0 Å². The molecule has 0 bridgehead atoms. The predicted octanol–water partition coefficient (Wildman–Crippen LogP) is 3.19. The van der Waals surface area contributed by atoms with Gasteiger partial charge in [0.15, 0.2) is 0 Å². The average Bonchev–Trinajstić information content (AvgIpc) is 3.15. The van der Waals surface area contributed by atoms with Crippen molar-refractivity contribution in [1.29, 1.82) is 0 Å². The highest BCUT2D eigenvalue weighted by Crippen LogP contribution is 2.28. The van der Waals surface area contributed by atoms with Crippen molar-refractivity contribution in [3.8, 4) is 0 Å². The Labute approximate surface area is 188 Å². The largest absolute Gasteiger partial charge is 0.465 e. The smallest absolute Gasteiger partial charge is 0.407 e. The van der Waals surface area contributed by atoms with E-state index in [0.29, 0.717) is 32.5 Å². The third-order valence-electron chi connectivity index (χ3n) is 4.96. The number of nitrogens with zero attached hydrogens (tertiary/aromatic N) is 1. The number of unbranched alkanes of at least 4 members (excludes halogenated alkanes) is 2. The molecule has 0 spiro atoms. The summed E-state index contributed by atoms with van der Waals surface area (Å²) < 4.78 is 14.7. The number of rotatable bonds is 8. The molecule has 9 heteroatoms. The molecule has 0 radical (unpaired) electrons. The fourth-order valence-electron chi connectivity index (χ4n) is 3.43. The minimum Gasteiger partial charge on any atom is -0.465 e. The molecule has 1 N–H and O–H groups in total. The number of benzene rings is 1. The molecule has 0 atom stereocenters. The van der Waals surface area contributed by atoms with Gasteiger partial charge in [0.05, 0.1) is 25.3 Å². The lowest BCUT2D eigenvalue weighted by molar-refractivity contribution is -0.131. The first-order valence-corrected chi connectivity index (χ1v) is 10.6. The minimum absolute atomic E-state index is 0.000498. The summed E-state index contributed by atoms with van der Waals surface area (Å²) in [5.41, 5.74) is 1.36. The summed E-state index contributed by atoms with van der Waals surface area (Å²) in [6.45, 7) is 6.66. The van der Waals surface area contributed by atoms with Crippen molar-refractivity contribution >= 4 is 23.9 Å². The molecular weight excluding hydrogens is 416 g/mol. The first kappa shape index (κ1) is 25.2. The number of methoxy groups -OCH3 is 2. The van der Waals surface area contributed by atoms with Gasteiger partial charge in [0.2, 0.25) is 5.91 Å². The molecule has 1 aromatic rings. The van der Waals surface area contributed by atoms with E-state index in [1.807, 2.05) is 0 Å². The Balaban J connectivity index is 1.83. The lowest BCUT2D eigenvalue weighted by Gasteiger charge is -2.19. The van der Waals surface area contributed by atoms with Crippen LogP contribution in [0.3, 0.4) is 0 Å². The van der Waals surface area contributed by atoms with Crippen LogP contribution in [0.15, 0.2) is 12.1 Å². The molecule has 0 saturated heterocycles. The number of amides is 2. The molecule has 2 rings (SSSR count). The summed E-state index contributed by atoms with van der Waals surface area (Å²) in [6.07, 6.45) is 2.18. The normalized spacial score (nSPS) is 12.7. The van der Waals surface area contributed by atoms with Gasteiger partial charge >= 0.3 is 18.0 Å². The van der Waals surface area contributed by atoms with Gasteiger partial charge in [0.1, 0.15) is 5.60 Å². The van der Waals surface area contributed by atoms with Crippen LogP contribution in [0.25, 0.3) is 0 Å². The number of fused-ring (bicyclic) bond motifs is 1. The highest BCUT2D eigenvalue weighted by atomic mass is 16.6. The Morgan fingerprint density at radius 3 is 1.91 bits per heavy atom. The Hall–Kier alpha value is -3.10. The molecule has 0 aromatic heterocycles.